The molecule has 2 heterocycles. The molecule has 1 saturated heterocycles. The maximum absolute atomic E-state index is 13.6. The van der Waals surface area contributed by atoms with Crippen molar-refractivity contribution in [3.63, 3.8) is 0 Å². The van der Waals surface area contributed by atoms with Gasteiger partial charge in [-0.3, -0.25) is 9.59 Å². The number of hydrogen-bond donors (Lipinski definition) is 0. The average molecular weight is 347 g/mol. The first-order chi connectivity index (χ1) is 11.9. The Labute approximate surface area is 148 Å². The van der Waals surface area contributed by atoms with E-state index in [4.69, 9.17) is 0 Å². The maximum Gasteiger partial charge on any atom is 0.228 e. The van der Waals surface area contributed by atoms with E-state index in [2.05, 4.69) is 0 Å². The van der Waals surface area contributed by atoms with Gasteiger partial charge < -0.3 is 14.7 Å². The van der Waals surface area contributed by atoms with Crippen molar-refractivity contribution in [3.05, 3.63) is 35.1 Å². The number of rotatable bonds is 4. The van der Waals surface area contributed by atoms with Gasteiger partial charge in [-0.15, -0.1) is 0 Å². The number of fused-ring (bicyclic) bond motifs is 1. The monoisotopic (exact) mass is 347 g/mol. The van der Waals surface area contributed by atoms with Crippen LogP contribution < -0.4 is 0 Å². The molecule has 2 amide bonds. The molecule has 3 rings (SSSR count). The lowest BCUT2D eigenvalue weighted by molar-refractivity contribution is -0.138. The van der Waals surface area contributed by atoms with Gasteiger partial charge in [-0.25, -0.2) is 4.39 Å². The molecule has 1 fully saturated rings. The van der Waals surface area contributed by atoms with E-state index < -0.39 is 0 Å². The molecule has 25 heavy (non-hydrogen) atoms. The largest absolute Gasteiger partial charge is 0.341 e. The molecule has 0 spiro atoms. The molecule has 2 aliphatic rings. The lowest BCUT2D eigenvalue weighted by Gasteiger charge is -2.36. The van der Waals surface area contributed by atoms with E-state index in [1.54, 1.807) is 4.90 Å². The SMILES string of the molecule is C[C@H]1c2cc(F)ccc2CCN1C(=O)[C@@H]1CC(=O)N(CCN(C)C)C1. The van der Waals surface area contributed by atoms with E-state index in [1.165, 1.54) is 12.1 Å². The van der Waals surface area contributed by atoms with Crippen LogP contribution in [0.25, 0.3) is 0 Å². The Bertz CT molecular complexity index is 677. The number of likely N-dealkylation sites (tertiary alicyclic amines) is 1. The number of amides is 2. The summed E-state index contributed by atoms with van der Waals surface area (Å²) in [6, 6.07) is 4.66. The van der Waals surface area contributed by atoms with Crippen LogP contribution in [0.15, 0.2) is 18.2 Å². The molecular formula is C19H26FN3O2. The minimum absolute atomic E-state index is 0.0168. The van der Waals surface area contributed by atoms with Crippen molar-refractivity contribution < 1.29 is 14.0 Å². The molecule has 0 bridgehead atoms. The van der Waals surface area contributed by atoms with Gasteiger partial charge in [-0.1, -0.05) is 6.07 Å². The van der Waals surface area contributed by atoms with Gasteiger partial charge in [0.1, 0.15) is 5.82 Å². The van der Waals surface area contributed by atoms with Crippen LogP contribution in [0.3, 0.4) is 0 Å². The van der Waals surface area contributed by atoms with Crippen molar-refractivity contribution in [3.8, 4) is 0 Å². The van der Waals surface area contributed by atoms with Crippen LogP contribution in [0.4, 0.5) is 4.39 Å². The van der Waals surface area contributed by atoms with E-state index in [-0.39, 0.29) is 36.0 Å². The zero-order valence-corrected chi connectivity index (χ0v) is 15.2. The highest BCUT2D eigenvalue weighted by atomic mass is 19.1. The third kappa shape index (κ3) is 3.68. The molecule has 1 aromatic carbocycles. The minimum Gasteiger partial charge on any atom is -0.341 e. The van der Waals surface area contributed by atoms with E-state index in [0.29, 0.717) is 19.6 Å². The van der Waals surface area contributed by atoms with Crippen molar-refractivity contribution in [2.45, 2.75) is 25.8 Å². The summed E-state index contributed by atoms with van der Waals surface area (Å²) in [7, 11) is 3.93. The number of benzene rings is 1. The van der Waals surface area contributed by atoms with Crippen LogP contribution in [0.5, 0.6) is 0 Å². The molecule has 1 aromatic rings. The van der Waals surface area contributed by atoms with E-state index in [0.717, 1.165) is 24.1 Å². The summed E-state index contributed by atoms with van der Waals surface area (Å²) in [5.74, 6) is -0.488. The first-order valence-electron chi connectivity index (χ1n) is 8.88. The van der Waals surface area contributed by atoms with Crippen molar-refractivity contribution >= 4 is 11.8 Å². The molecule has 0 aliphatic carbocycles. The Morgan fingerprint density at radius 3 is 2.84 bits per heavy atom. The molecule has 0 saturated carbocycles. The van der Waals surface area contributed by atoms with E-state index in [9.17, 15) is 14.0 Å². The molecular weight excluding hydrogens is 321 g/mol. The quantitative estimate of drug-likeness (QED) is 0.832. The summed E-state index contributed by atoms with van der Waals surface area (Å²) >= 11 is 0. The maximum atomic E-state index is 13.6. The molecule has 0 unspecified atom stereocenters. The fraction of sp³-hybridized carbons (Fsp3) is 0.579. The normalized spacial score (nSPS) is 23.3. The predicted molar refractivity (Wildman–Crippen MR) is 93.5 cm³/mol. The van der Waals surface area contributed by atoms with E-state index >= 15 is 0 Å². The van der Waals surface area contributed by atoms with Gasteiger partial charge in [-0.05, 0) is 50.7 Å². The second kappa shape index (κ2) is 7.12. The van der Waals surface area contributed by atoms with Gasteiger partial charge in [0, 0.05) is 32.6 Å². The summed E-state index contributed by atoms with van der Waals surface area (Å²) in [4.78, 5) is 30.8. The number of halogens is 1. The topological polar surface area (TPSA) is 43.9 Å². The Morgan fingerprint density at radius 2 is 2.12 bits per heavy atom. The summed E-state index contributed by atoms with van der Waals surface area (Å²) in [5, 5.41) is 0. The number of nitrogens with zero attached hydrogens (tertiary/aromatic N) is 3. The lowest BCUT2D eigenvalue weighted by atomic mass is 9.92. The smallest absolute Gasteiger partial charge is 0.228 e. The molecule has 0 aromatic heterocycles. The Morgan fingerprint density at radius 1 is 1.36 bits per heavy atom. The van der Waals surface area contributed by atoms with Gasteiger partial charge in [0.25, 0.3) is 0 Å². The highest BCUT2D eigenvalue weighted by Gasteiger charge is 2.38. The van der Waals surface area contributed by atoms with Crippen LogP contribution >= 0.6 is 0 Å². The van der Waals surface area contributed by atoms with Gasteiger partial charge in [0.15, 0.2) is 0 Å². The van der Waals surface area contributed by atoms with Crippen molar-refractivity contribution in [1.82, 2.24) is 14.7 Å². The summed E-state index contributed by atoms with van der Waals surface area (Å²) < 4.78 is 13.6. The Kier molecular flexibility index (Phi) is 5.08. The van der Waals surface area contributed by atoms with Gasteiger partial charge in [-0.2, -0.15) is 0 Å². The highest BCUT2D eigenvalue weighted by Crippen LogP contribution is 2.32. The molecule has 2 aliphatic heterocycles. The third-order valence-corrected chi connectivity index (χ3v) is 5.31. The number of hydrogen-bond acceptors (Lipinski definition) is 3. The third-order valence-electron chi connectivity index (χ3n) is 5.31. The summed E-state index contributed by atoms with van der Waals surface area (Å²) in [6.45, 7) is 4.50. The highest BCUT2D eigenvalue weighted by molar-refractivity contribution is 5.89. The first-order valence-corrected chi connectivity index (χ1v) is 8.88. The Balaban J connectivity index is 1.69. The fourth-order valence-electron chi connectivity index (χ4n) is 3.79. The second-order valence-corrected chi connectivity index (χ2v) is 7.34. The molecule has 2 atom stereocenters. The van der Waals surface area contributed by atoms with E-state index in [1.807, 2.05) is 36.9 Å². The van der Waals surface area contributed by atoms with Crippen molar-refractivity contribution in [2.75, 3.05) is 40.3 Å². The predicted octanol–water partition coefficient (Wildman–Crippen LogP) is 1.68. The molecule has 5 nitrogen and oxygen atoms in total. The molecule has 0 N–H and O–H groups in total. The van der Waals surface area contributed by atoms with Gasteiger partial charge >= 0.3 is 0 Å². The van der Waals surface area contributed by atoms with Crippen molar-refractivity contribution in [2.24, 2.45) is 5.92 Å². The minimum atomic E-state index is -0.285. The van der Waals surface area contributed by atoms with Crippen LogP contribution in [-0.2, 0) is 16.0 Å². The lowest BCUT2D eigenvalue weighted by Crippen LogP contribution is -2.43. The molecule has 6 heteroatoms. The molecule has 136 valence electrons. The zero-order chi connectivity index (χ0) is 18.1. The summed E-state index contributed by atoms with van der Waals surface area (Å²) in [6.07, 6.45) is 1.02. The van der Waals surface area contributed by atoms with Gasteiger partial charge in [0.2, 0.25) is 11.8 Å². The van der Waals surface area contributed by atoms with Crippen LogP contribution in [0, 0.1) is 11.7 Å². The number of likely N-dealkylation sites (N-methyl/N-ethyl adjacent to an activating group) is 1. The number of carbonyl (C=O) groups excluding carboxylic acids is 2. The summed E-state index contributed by atoms with van der Waals surface area (Å²) in [5.41, 5.74) is 1.99. The first kappa shape index (κ1) is 17.9. The fourth-order valence-corrected chi connectivity index (χ4v) is 3.79. The zero-order valence-electron chi connectivity index (χ0n) is 15.2. The van der Waals surface area contributed by atoms with Crippen LogP contribution in [0.1, 0.15) is 30.5 Å². The standard InChI is InChI=1S/C19H26FN3O2/c1-13-17-11-16(20)5-4-14(17)6-7-23(13)19(25)15-10-18(24)22(12-15)9-8-21(2)3/h4-5,11,13,15H,6-10,12H2,1-3H3/t13-,15+/m0/s1. The number of carbonyl (C=O) groups is 2. The van der Waals surface area contributed by atoms with Gasteiger partial charge in [0.05, 0.1) is 12.0 Å². The second-order valence-electron chi connectivity index (χ2n) is 7.34. The van der Waals surface area contributed by atoms with Crippen molar-refractivity contribution in [1.29, 1.82) is 0 Å². The average Bonchev–Trinajstić information content (AvgIpc) is 2.94. The Hall–Kier alpha value is -1.95. The molecule has 0 radical (unpaired) electrons. The van der Waals surface area contributed by atoms with Crippen LogP contribution in [-0.4, -0.2) is 66.8 Å². The van der Waals surface area contributed by atoms with Crippen LogP contribution in [0.2, 0.25) is 0 Å².